The Morgan fingerprint density at radius 2 is 0.609 bits per heavy atom. The largest absolute Gasteiger partial charge is 0.0622 e. The molecule has 0 unspecified atom stereocenters. The van der Waals surface area contributed by atoms with Crippen LogP contribution in [0.25, 0.3) is 154 Å². The highest BCUT2D eigenvalue weighted by atomic mass is 14.4. The molecule has 0 heteroatoms. The monoisotopic (exact) mass is 804 g/mol. The van der Waals surface area contributed by atoms with Gasteiger partial charge < -0.3 is 0 Å². The summed E-state index contributed by atoms with van der Waals surface area (Å²) in [7, 11) is 0. The van der Waals surface area contributed by atoms with Gasteiger partial charge in [0, 0.05) is 0 Å². The molecule has 0 N–H and O–H groups in total. The molecule has 0 aromatic heterocycles. The molecule has 0 nitrogen and oxygen atoms in total. The van der Waals surface area contributed by atoms with Crippen molar-refractivity contribution in [2.24, 2.45) is 0 Å². The fourth-order valence-corrected chi connectivity index (χ4v) is 11.9. The summed E-state index contributed by atoms with van der Waals surface area (Å²) >= 11 is 0. The first kappa shape index (κ1) is 34.3. The van der Waals surface area contributed by atoms with E-state index in [0.29, 0.717) is 0 Å². The molecule has 0 saturated heterocycles. The molecule has 2 aliphatic carbocycles. The van der Waals surface area contributed by atoms with Gasteiger partial charge in [-0.15, -0.1) is 0 Å². The van der Waals surface area contributed by atoms with Crippen LogP contribution < -0.4 is 0 Å². The van der Waals surface area contributed by atoms with Crippen LogP contribution in [0.3, 0.4) is 0 Å². The summed E-state index contributed by atoms with van der Waals surface area (Å²) < 4.78 is 0. The molecule has 0 amide bonds. The van der Waals surface area contributed by atoms with Crippen molar-refractivity contribution in [3.05, 3.63) is 217 Å². The third-order valence-electron chi connectivity index (χ3n) is 14.6. The smallest absolute Gasteiger partial charge is 0.000740 e. The SMILES string of the molecule is C1=Cc2ccc3c4ccc5c6c(ccc(c7ccc1c2c73)c64)-c1c-5c(-c2ccc3ccccc3c2)c2cc(-c3ccccc3)c(-c3ccccc3)cc2c1-c1ccc2ccccc2c1. The number of rotatable bonds is 4. The van der Waals surface area contributed by atoms with Crippen molar-refractivity contribution in [1.82, 2.24) is 0 Å². The van der Waals surface area contributed by atoms with Gasteiger partial charge >= 0.3 is 0 Å². The minimum absolute atomic E-state index is 1.21. The Morgan fingerprint density at radius 3 is 1.08 bits per heavy atom. The van der Waals surface area contributed by atoms with Crippen LogP contribution in [0.15, 0.2) is 206 Å². The second kappa shape index (κ2) is 12.6. The van der Waals surface area contributed by atoms with Crippen molar-refractivity contribution in [2.45, 2.75) is 0 Å². The predicted octanol–water partition coefficient (Wildman–Crippen LogP) is 18.0. The molecule has 64 heavy (non-hydrogen) atoms. The van der Waals surface area contributed by atoms with E-state index in [1.165, 1.54) is 153 Å². The minimum atomic E-state index is 1.21. The third-order valence-corrected chi connectivity index (χ3v) is 14.6. The van der Waals surface area contributed by atoms with Gasteiger partial charge in [-0.3, -0.25) is 0 Å². The Bertz CT molecular complexity index is 3940. The summed E-state index contributed by atoms with van der Waals surface area (Å²) in [5, 5.41) is 18.3. The van der Waals surface area contributed by atoms with Gasteiger partial charge in [0.2, 0.25) is 0 Å². The van der Waals surface area contributed by atoms with E-state index >= 15 is 0 Å². The first-order valence-electron chi connectivity index (χ1n) is 22.4. The van der Waals surface area contributed by atoms with Crippen LogP contribution in [0.4, 0.5) is 0 Å². The molecule has 0 bridgehead atoms. The van der Waals surface area contributed by atoms with Gasteiger partial charge in [0.05, 0.1) is 0 Å². The van der Waals surface area contributed by atoms with Gasteiger partial charge in [0.25, 0.3) is 0 Å². The third kappa shape index (κ3) is 4.56. The van der Waals surface area contributed by atoms with Crippen LogP contribution in [0, 0.1) is 0 Å². The summed E-state index contributed by atoms with van der Waals surface area (Å²) in [4.78, 5) is 0. The van der Waals surface area contributed by atoms with Gasteiger partial charge in [-0.05, 0) is 178 Å². The maximum Gasteiger partial charge on any atom is -0.000740 e. The van der Waals surface area contributed by atoms with Crippen LogP contribution in [-0.4, -0.2) is 0 Å². The normalized spacial score (nSPS) is 12.6. The first-order valence-corrected chi connectivity index (χ1v) is 22.4. The molecular weight excluding hydrogens is 769 g/mol. The zero-order chi connectivity index (χ0) is 41.6. The zero-order valence-electron chi connectivity index (χ0n) is 34.8. The van der Waals surface area contributed by atoms with Gasteiger partial charge in [0.15, 0.2) is 0 Å². The summed E-state index contributed by atoms with van der Waals surface area (Å²) in [6.45, 7) is 0. The zero-order valence-corrected chi connectivity index (χ0v) is 34.8. The molecule has 292 valence electrons. The second-order valence-electron chi connectivity index (χ2n) is 17.9. The molecule has 13 aromatic carbocycles. The van der Waals surface area contributed by atoms with Crippen molar-refractivity contribution in [1.29, 1.82) is 0 Å². The van der Waals surface area contributed by atoms with E-state index in [-0.39, 0.29) is 0 Å². The highest BCUT2D eigenvalue weighted by Gasteiger charge is 2.33. The van der Waals surface area contributed by atoms with Gasteiger partial charge in [0.1, 0.15) is 0 Å². The molecule has 0 fully saturated rings. The Kier molecular flexibility index (Phi) is 6.77. The molecule has 0 aliphatic heterocycles. The molecule has 15 rings (SSSR count). The van der Waals surface area contributed by atoms with E-state index in [4.69, 9.17) is 0 Å². The molecule has 0 radical (unpaired) electrons. The van der Waals surface area contributed by atoms with E-state index < -0.39 is 0 Å². The maximum atomic E-state index is 2.52. The van der Waals surface area contributed by atoms with Gasteiger partial charge in [-0.1, -0.05) is 194 Å². The fourth-order valence-electron chi connectivity index (χ4n) is 11.9. The highest BCUT2D eigenvalue weighted by molar-refractivity contribution is 6.40. The number of hydrogen-bond acceptors (Lipinski definition) is 0. The van der Waals surface area contributed by atoms with Crippen LogP contribution >= 0.6 is 0 Å². The topological polar surface area (TPSA) is 0 Å². The van der Waals surface area contributed by atoms with Crippen molar-refractivity contribution in [3.63, 3.8) is 0 Å². The lowest BCUT2D eigenvalue weighted by Crippen LogP contribution is -1.96. The van der Waals surface area contributed by atoms with Crippen molar-refractivity contribution < 1.29 is 0 Å². The number of hydrogen-bond donors (Lipinski definition) is 0. The summed E-state index contributed by atoms with van der Waals surface area (Å²) in [6.07, 6.45) is 4.56. The second-order valence-corrected chi connectivity index (χ2v) is 17.9. The molecule has 0 spiro atoms. The number of benzene rings is 13. The lowest BCUT2D eigenvalue weighted by atomic mass is 9.79. The van der Waals surface area contributed by atoms with Crippen LogP contribution in [0.1, 0.15) is 11.1 Å². The quantitative estimate of drug-likeness (QED) is 0.123. The van der Waals surface area contributed by atoms with Crippen LogP contribution in [0.5, 0.6) is 0 Å². The highest BCUT2D eigenvalue weighted by Crippen LogP contribution is 2.61. The summed E-state index contributed by atoms with van der Waals surface area (Å²) in [5.74, 6) is 0. The van der Waals surface area contributed by atoms with Gasteiger partial charge in [-0.2, -0.15) is 0 Å². The molecule has 2 aliphatic rings. The van der Waals surface area contributed by atoms with E-state index in [2.05, 4.69) is 218 Å². The van der Waals surface area contributed by atoms with E-state index in [1.54, 1.807) is 0 Å². The summed E-state index contributed by atoms with van der Waals surface area (Å²) in [6, 6.07) is 78.0. The summed E-state index contributed by atoms with van der Waals surface area (Å²) in [5.41, 5.74) is 17.8. The Balaban J connectivity index is 1.17. The predicted molar refractivity (Wildman–Crippen MR) is 275 cm³/mol. The lowest BCUT2D eigenvalue weighted by Gasteiger charge is -2.23. The van der Waals surface area contributed by atoms with Crippen molar-refractivity contribution >= 4 is 87.6 Å². The van der Waals surface area contributed by atoms with E-state index in [0.717, 1.165) is 0 Å². The van der Waals surface area contributed by atoms with Crippen LogP contribution in [0.2, 0.25) is 0 Å². The fraction of sp³-hybridized carbons (Fsp3) is 0. The maximum absolute atomic E-state index is 2.52. The van der Waals surface area contributed by atoms with Gasteiger partial charge in [-0.25, -0.2) is 0 Å². The first-order chi connectivity index (χ1) is 31.7. The lowest BCUT2D eigenvalue weighted by molar-refractivity contribution is 1.59. The Morgan fingerprint density at radius 1 is 0.203 bits per heavy atom. The molecule has 0 saturated carbocycles. The average Bonchev–Trinajstić information content (AvgIpc) is 3.94. The van der Waals surface area contributed by atoms with Crippen molar-refractivity contribution in [2.75, 3.05) is 0 Å². The Hall–Kier alpha value is -8.32. The molecule has 0 heterocycles. The van der Waals surface area contributed by atoms with E-state index in [9.17, 15) is 0 Å². The molecular formula is C64H36. The van der Waals surface area contributed by atoms with E-state index in [1.807, 2.05) is 0 Å². The minimum Gasteiger partial charge on any atom is -0.0622 e. The molecule has 0 atom stereocenters. The molecule has 13 aromatic rings. The standard InChI is InChI=1S/C64H36/c1-3-13-39(14-4-1)53-35-55-56(36-54(53)40-15-5-2-6-16-40)59(46-24-20-38-12-8-10-18-44(38)34-46)64-52-32-30-50-48-28-26-42-22-21-41-25-27-47(60(48)57(41)42)49-29-31-51(62(52)61(49)50)63(64)58(55)45-23-19-37-11-7-9-17-43(37)33-45/h1-36H. The Labute approximate surface area is 369 Å². The average molecular weight is 805 g/mol. The van der Waals surface area contributed by atoms with Crippen LogP contribution in [-0.2, 0) is 0 Å². The van der Waals surface area contributed by atoms with Crippen molar-refractivity contribution in [3.8, 4) is 66.8 Å². The number of fused-ring (bicyclic) bond motifs is 8.